The van der Waals surface area contributed by atoms with Crippen LogP contribution in [0, 0.1) is 5.82 Å². The van der Waals surface area contributed by atoms with Gasteiger partial charge in [0.1, 0.15) is 10.7 Å². The first kappa shape index (κ1) is 16.9. The predicted molar refractivity (Wildman–Crippen MR) is 93.7 cm³/mol. The summed E-state index contributed by atoms with van der Waals surface area (Å²) in [5.41, 5.74) is 0.945. The Morgan fingerprint density at radius 1 is 1.19 bits per heavy atom. The van der Waals surface area contributed by atoms with Crippen molar-refractivity contribution in [2.24, 2.45) is 0 Å². The van der Waals surface area contributed by atoms with E-state index in [9.17, 15) is 12.8 Å². The maximum Gasteiger partial charge on any atom is 0.264 e. The molecule has 7 nitrogen and oxygen atoms in total. The standard InChI is InChI=1S/C16H13ClFN5O2S/c17-11-4-7-15(14(18)9-11)26(24,25)20-12-3-1-2-10(8-12)16-19-21-22-23(16)13-5-6-13/h1-4,7-9,13,20H,5-6H2. The Balaban J connectivity index is 1.65. The second-order valence-electron chi connectivity index (χ2n) is 5.94. The summed E-state index contributed by atoms with van der Waals surface area (Å²) in [7, 11) is -4.10. The lowest BCUT2D eigenvalue weighted by Gasteiger charge is -2.10. The highest BCUT2D eigenvalue weighted by atomic mass is 35.5. The molecule has 10 heteroatoms. The number of benzene rings is 2. The van der Waals surface area contributed by atoms with Gasteiger partial charge in [-0.05, 0) is 53.6 Å². The van der Waals surface area contributed by atoms with Gasteiger partial charge in [-0.25, -0.2) is 17.5 Å². The molecule has 134 valence electrons. The van der Waals surface area contributed by atoms with Crippen molar-refractivity contribution in [3.63, 3.8) is 0 Å². The zero-order valence-corrected chi connectivity index (χ0v) is 14.9. The van der Waals surface area contributed by atoms with Crippen molar-refractivity contribution in [1.29, 1.82) is 0 Å². The quantitative estimate of drug-likeness (QED) is 0.718. The van der Waals surface area contributed by atoms with Gasteiger partial charge in [0.25, 0.3) is 10.0 Å². The molecule has 2 aromatic carbocycles. The molecule has 0 unspecified atom stereocenters. The van der Waals surface area contributed by atoms with Gasteiger partial charge in [-0.3, -0.25) is 4.72 Å². The van der Waals surface area contributed by atoms with Gasteiger partial charge in [0, 0.05) is 16.3 Å². The largest absolute Gasteiger partial charge is 0.280 e. The summed E-state index contributed by atoms with van der Waals surface area (Å²) in [6.07, 6.45) is 2.03. The molecule has 26 heavy (non-hydrogen) atoms. The fourth-order valence-electron chi connectivity index (χ4n) is 2.57. The van der Waals surface area contributed by atoms with Crippen molar-refractivity contribution < 1.29 is 12.8 Å². The van der Waals surface area contributed by atoms with Crippen molar-refractivity contribution in [3.05, 3.63) is 53.3 Å². The molecule has 1 heterocycles. The van der Waals surface area contributed by atoms with Gasteiger partial charge >= 0.3 is 0 Å². The van der Waals surface area contributed by atoms with E-state index in [0.717, 1.165) is 25.0 Å². The van der Waals surface area contributed by atoms with E-state index in [1.54, 1.807) is 28.9 Å². The van der Waals surface area contributed by atoms with Crippen molar-refractivity contribution >= 4 is 27.3 Å². The highest BCUT2D eigenvalue weighted by Gasteiger charge is 2.28. The van der Waals surface area contributed by atoms with E-state index >= 15 is 0 Å². The van der Waals surface area contributed by atoms with Crippen LogP contribution in [0.1, 0.15) is 18.9 Å². The lowest BCUT2D eigenvalue weighted by Crippen LogP contribution is -2.14. The van der Waals surface area contributed by atoms with Crippen LogP contribution in [0.5, 0.6) is 0 Å². The highest BCUT2D eigenvalue weighted by molar-refractivity contribution is 7.92. The van der Waals surface area contributed by atoms with E-state index < -0.39 is 20.7 Å². The van der Waals surface area contributed by atoms with E-state index in [4.69, 9.17) is 11.6 Å². The van der Waals surface area contributed by atoms with E-state index in [1.165, 1.54) is 6.07 Å². The molecular weight excluding hydrogens is 381 g/mol. The summed E-state index contributed by atoms with van der Waals surface area (Å²) in [6, 6.07) is 10.3. The Labute approximate surface area is 153 Å². The van der Waals surface area contributed by atoms with Crippen LogP contribution in [-0.2, 0) is 10.0 Å². The van der Waals surface area contributed by atoms with E-state index in [-0.39, 0.29) is 16.8 Å². The summed E-state index contributed by atoms with van der Waals surface area (Å²) < 4.78 is 43.0. The lowest BCUT2D eigenvalue weighted by molar-refractivity contribution is 0.570. The number of halogens is 2. The van der Waals surface area contributed by atoms with Crippen LogP contribution in [0.3, 0.4) is 0 Å². The summed E-state index contributed by atoms with van der Waals surface area (Å²) in [5.74, 6) is -0.356. The molecule has 4 rings (SSSR count). The van der Waals surface area contributed by atoms with Crippen LogP contribution in [0.25, 0.3) is 11.4 Å². The van der Waals surface area contributed by atoms with Crippen LogP contribution in [0.4, 0.5) is 10.1 Å². The molecule has 0 amide bonds. The van der Waals surface area contributed by atoms with Gasteiger partial charge in [0.15, 0.2) is 5.82 Å². The van der Waals surface area contributed by atoms with Crippen LogP contribution >= 0.6 is 11.6 Å². The van der Waals surface area contributed by atoms with Crippen LogP contribution in [0.2, 0.25) is 5.02 Å². The molecule has 3 aromatic rings. The minimum absolute atomic E-state index is 0.121. The Hall–Kier alpha value is -2.52. The SMILES string of the molecule is O=S(=O)(Nc1cccc(-c2nnnn2C2CC2)c1)c1ccc(Cl)cc1F. The number of hydrogen-bond acceptors (Lipinski definition) is 5. The lowest BCUT2D eigenvalue weighted by atomic mass is 10.2. The molecule has 0 radical (unpaired) electrons. The Morgan fingerprint density at radius 3 is 2.73 bits per heavy atom. The zero-order chi connectivity index (χ0) is 18.3. The number of rotatable bonds is 5. The van der Waals surface area contributed by atoms with Crippen LogP contribution in [0.15, 0.2) is 47.4 Å². The molecule has 0 aliphatic heterocycles. The van der Waals surface area contributed by atoms with E-state index in [2.05, 4.69) is 20.2 Å². The second kappa shape index (κ2) is 6.33. The first-order valence-corrected chi connectivity index (χ1v) is 9.66. The number of nitrogens with one attached hydrogen (secondary N) is 1. The van der Waals surface area contributed by atoms with E-state index in [1.807, 2.05) is 0 Å². The highest BCUT2D eigenvalue weighted by Crippen LogP contribution is 2.37. The second-order valence-corrected chi connectivity index (χ2v) is 8.03. The first-order chi connectivity index (χ1) is 12.4. The fourth-order valence-corrected chi connectivity index (χ4v) is 3.84. The van der Waals surface area contributed by atoms with Crippen molar-refractivity contribution in [2.75, 3.05) is 4.72 Å². The Bertz CT molecular complexity index is 1080. The zero-order valence-electron chi connectivity index (χ0n) is 13.3. The minimum Gasteiger partial charge on any atom is -0.280 e. The first-order valence-electron chi connectivity index (χ1n) is 7.80. The molecule has 1 aliphatic rings. The third-order valence-corrected chi connectivity index (χ3v) is 5.59. The number of anilines is 1. The van der Waals surface area contributed by atoms with Crippen molar-refractivity contribution in [3.8, 4) is 11.4 Å². The normalized spacial score (nSPS) is 14.4. The number of hydrogen-bond donors (Lipinski definition) is 1. The topological polar surface area (TPSA) is 89.8 Å². The van der Waals surface area contributed by atoms with Gasteiger partial charge in [-0.2, -0.15) is 0 Å². The van der Waals surface area contributed by atoms with Crippen molar-refractivity contribution in [2.45, 2.75) is 23.8 Å². The average Bonchev–Trinajstić information content (AvgIpc) is 3.31. The predicted octanol–water partition coefficient (Wildman–Crippen LogP) is 3.27. The molecule has 1 saturated carbocycles. The molecular formula is C16H13ClFN5O2S. The van der Waals surface area contributed by atoms with Crippen LogP contribution in [-0.4, -0.2) is 28.6 Å². The molecule has 0 bridgehead atoms. The van der Waals surface area contributed by atoms with Gasteiger partial charge in [-0.1, -0.05) is 23.7 Å². The van der Waals surface area contributed by atoms with Crippen molar-refractivity contribution in [1.82, 2.24) is 20.2 Å². The van der Waals surface area contributed by atoms with Crippen LogP contribution < -0.4 is 4.72 Å². The third-order valence-electron chi connectivity index (χ3n) is 3.94. The minimum atomic E-state index is -4.10. The molecule has 1 aromatic heterocycles. The fraction of sp³-hybridized carbons (Fsp3) is 0.188. The third kappa shape index (κ3) is 3.27. The smallest absolute Gasteiger partial charge is 0.264 e. The Kier molecular flexibility index (Phi) is 4.12. The average molecular weight is 394 g/mol. The molecule has 0 spiro atoms. The number of nitrogens with zero attached hydrogens (tertiary/aromatic N) is 4. The van der Waals surface area contributed by atoms with E-state index in [0.29, 0.717) is 11.4 Å². The summed E-state index contributed by atoms with van der Waals surface area (Å²) in [6.45, 7) is 0. The summed E-state index contributed by atoms with van der Waals surface area (Å²) in [5, 5.41) is 11.8. The van der Waals surface area contributed by atoms with Gasteiger partial charge < -0.3 is 0 Å². The molecule has 1 N–H and O–H groups in total. The maximum absolute atomic E-state index is 14.0. The van der Waals surface area contributed by atoms with Gasteiger partial charge in [-0.15, -0.1) is 5.10 Å². The Morgan fingerprint density at radius 2 is 2.00 bits per heavy atom. The molecule has 1 aliphatic carbocycles. The monoisotopic (exact) mass is 393 g/mol. The summed E-state index contributed by atoms with van der Waals surface area (Å²) >= 11 is 5.67. The van der Waals surface area contributed by atoms with Gasteiger partial charge in [0.05, 0.1) is 6.04 Å². The number of aromatic nitrogens is 4. The number of sulfonamides is 1. The molecule has 0 saturated heterocycles. The maximum atomic E-state index is 14.0. The summed E-state index contributed by atoms with van der Waals surface area (Å²) in [4.78, 5) is -0.477. The molecule has 0 atom stereocenters. The molecule has 1 fully saturated rings. The number of tetrazole rings is 1. The van der Waals surface area contributed by atoms with Gasteiger partial charge in [0.2, 0.25) is 0 Å².